The van der Waals surface area contributed by atoms with Crippen LogP contribution < -0.4 is 5.32 Å². The second-order valence-corrected chi connectivity index (χ2v) is 4.80. The quantitative estimate of drug-likeness (QED) is 0.843. The van der Waals surface area contributed by atoms with Gasteiger partial charge in [0, 0.05) is 5.69 Å². The van der Waals surface area contributed by atoms with Gasteiger partial charge in [0.05, 0.1) is 23.4 Å². The van der Waals surface area contributed by atoms with Crippen LogP contribution in [0.5, 0.6) is 0 Å². The first-order chi connectivity index (χ1) is 10.6. The second-order valence-electron chi connectivity index (χ2n) is 4.80. The van der Waals surface area contributed by atoms with Crippen LogP contribution in [0.15, 0.2) is 48.5 Å². The minimum absolute atomic E-state index is 0.0266. The summed E-state index contributed by atoms with van der Waals surface area (Å²) >= 11 is 0. The summed E-state index contributed by atoms with van der Waals surface area (Å²) < 4.78 is 0. The van der Waals surface area contributed by atoms with E-state index in [1.807, 2.05) is 0 Å². The van der Waals surface area contributed by atoms with Crippen LogP contribution in [0.1, 0.15) is 31.1 Å². The largest absolute Gasteiger partial charge is 0.478 e. The normalized spacial score (nSPS) is 13.2. The number of carboxylic acids is 1. The highest BCUT2D eigenvalue weighted by Crippen LogP contribution is 2.22. The SMILES string of the molecule is O=C(O)c1ccc(NCN2C(=O)c3ccccc3C2=O)cc1. The van der Waals surface area contributed by atoms with E-state index in [4.69, 9.17) is 5.11 Å². The fourth-order valence-corrected chi connectivity index (χ4v) is 2.28. The third-order valence-corrected chi connectivity index (χ3v) is 3.45. The highest BCUT2D eigenvalue weighted by atomic mass is 16.4. The van der Waals surface area contributed by atoms with Crippen LogP contribution >= 0.6 is 0 Å². The van der Waals surface area contributed by atoms with E-state index in [-0.39, 0.29) is 24.0 Å². The molecule has 1 heterocycles. The Bertz CT molecular complexity index is 733. The van der Waals surface area contributed by atoms with Crippen LogP contribution in [0.25, 0.3) is 0 Å². The Kier molecular flexibility index (Phi) is 3.34. The Morgan fingerprint density at radius 1 is 0.955 bits per heavy atom. The summed E-state index contributed by atoms with van der Waals surface area (Å²) in [7, 11) is 0. The van der Waals surface area contributed by atoms with Crippen molar-refractivity contribution in [1.29, 1.82) is 0 Å². The number of amides is 2. The monoisotopic (exact) mass is 296 g/mol. The van der Waals surface area contributed by atoms with Crippen molar-refractivity contribution in [2.24, 2.45) is 0 Å². The standard InChI is InChI=1S/C16H12N2O4/c19-14-12-3-1-2-4-13(12)15(20)18(14)9-17-11-7-5-10(6-8-11)16(21)22/h1-8,17H,9H2,(H,21,22). The summed E-state index contributed by atoms with van der Waals surface area (Å²) in [5.41, 5.74) is 1.60. The number of nitrogens with one attached hydrogen (secondary N) is 1. The molecule has 2 N–H and O–H groups in total. The van der Waals surface area contributed by atoms with Crippen LogP contribution in [0, 0.1) is 0 Å². The second kappa shape index (κ2) is 5.33. The number of imide groups is 1. The third kappa shape index (κ3) is 2.31. The zero-order valence-corrected chi connectivity index (χ0v) is 11.4. The van der Waals surface area contributed by atoms with Crippen LogP contribution in [-0.2, 0) is 0 Å². The van der Waals surface area contributed by atoms with Crippen molar-refractivity contribution in [3.63, 3.8) is 0 Å². The Morgan fingerprint density at radius 3 is 2.00 bits per heavy atom. The van der Waals surface area contributed by atoms with Crippen molar-refractivity contribution in [1.82, 2.24) is 4.90 Å². The Labute approximate surface area is 126 Å². The molecule has 0 unspecified atom stereocenters. The van der Waals surface area contributed by atoms with Gasteiger partial charge in [0.15, 0.2) is 0 Å². The molecular weight excluding hydrogens is 284 g/mol. The van der Waals surface area contributed by atoms with E-state index in [2.05, 4.69) is 5.32 Å². The highest BCUT2D eigenvalue weighted by molar-refractivity contribution is 6.21. The lowest BCUT2D eigenvalue weighted by molar-refractivity contribution is 0.0661. The number of hydrogen-bond donors (Lipinski definition) is 2. The molecule has 0 saturated heterocycles. The van der Waals surface area contributed by atoms with Crippen LogP contribution in [0.4, 0.5) is 5.69 Å². The number of carbonyl (C=O) groups is 3. The van der Waals surface area contributed by atoms with E-state index in [0.29, 0.717) is 16.8 Å². The summed E-state index contributed by atoms with van der Waals surface area (Å²) in [6.45, 7) is 0.0266. The van der Waals surface area contributed by atoms with Crippen molar-refractivity contribution >= 4 is 23.5 Å². The first-order valence-corrected chi connectivity index (χ1v) is 6.60. The summed E-state index contributed by atoms with van der Waals surface area (Å²) in [6.07, 6.45) is 0. The van der Waals surface area contributed by atoms with Crippen LogP contribution in [-0.4, -0.2) is 34.5 Å². The first-order valence-electron chi connectivity index (χ1n) is 6.60. The molecule has 6 nitrogen and oxygen atoms in total. The van der Waals surface area contributed by atoms with Gasteiger partial charge in [-0.05, 0) is 36.4 Å². The van der Waals surface area contributed by atoms with Gasteiger partial charge in [-0.2, -0.15) is 0 Å². The number of rotatable bonds is 4. The molecule has 0 radical (unpaired) electrons. The number of aromatic carboxylic acids is 1. The summed E-state index contributed by atoms with van der Waals surface area (Å²) in [5, 5.41) is 11.8. The molecule has 0 bridgehead atoms. The molecular formula is C16H12N2O4. The maximum Gasteiger partial charge on any atom is 0.335 e. The molecule has 2 aromatic carbocycles. The molecule has 1 aliphatic rings. The van der Waals surface area contributed by atoms with Gasteiger partial charge in [-0.15, -0.1) is 0 Å². The van der Waals surface area contributed by atoms with E-state index in [9.17, 15) is 14.4 Å². The zero-order chi connectivity index (χ0) is 15.7. The average Bonchev–Trinajstić information content (AvgIpc) is 2.78. The minimum Gasteiger partial charge on any atom is -0.478 e. The molecule has 0 aromatic heterocycles. The van der Waals surface area contributed by atoms with E-state index in [1.165, 1.54) is 12.1 Å². The smallest absolute Gasteiger partial charge is 0.335 e. The highest BCUT2D eigenvalue weighted by Gasteiger charge is 2.34. The third-order valence-electron chi connectivity index (χ3n) is 3.45. The maximum atomic E-state index is 12.2. The predicted octanol–water partition coefficient (Wildman–Crippen LogP) is 2.05. The number of benzene rings is 2. The molecule has 0 spiro atoms. The molecule has 22 heavy (non-hydrogen) atoms. The molecule has 0 atom stereocenters. The van der Waals surface area contributed by atoms with Crippen molar-refractivity contribution in [3.05, 3.63) is 65.2 Å². The van der Waals surface area contributed by atoms with Gasteiger partial charge in [-0.3, -0.25) is 14.5 Å². The van der Waals surface area contributed by atoms with Crippen molar-refractivity contribution in [2.75, 3.05) is 12.0 Å². The lowest BCUT2D eigenvalue weighted by Crippen LogP contribution is -2.34. The lowest BCUT2D eigenvalue weighted by atomic mass is 10.1. The fourth-order valence-electron chi connectivity index (χ4n) is 2.28. The topological polar surface area (TPSA) is 86.7 Å². The van der Waals surface area contributed by atoms with Crippen molar-refractivity contribution < 1.29 is 19.5 Å². The van der Waals surface area contributed by atoms with Gasteiger partial charge in [-0.1, -0.05) is 12.1 Å². The van der Waals surface area contributed by atoms with E-state index in [1.54, 1.807) is 36.4 Å². The first kappa shape index (κ1) is 13.8. The Morgan fingerprint density at radius 2 is 1.50 bits per heavy atom. The number of carbonyl (C=O) groups excluding carboxylic acids is 2. The van der Waals surface area contributed by atoms with Crippen LogP contribution in [0.2, 0.25) is 0 Å². The number of nitrogens with zero attached hydrogens (tertiary/aromatic N) is 1. The molecule has 0 saturated carbocycles. The molecule has 1 aliphatic heterocycles. The summed E-state index contributed by atoms with van der Waals surface area (Å²) in [4.78, 5) is 36.2. The van der Waals surface area contributed by atoms with E-state index in [0.717, 1.165) is 4.90 Å². The molecule has 110 valence electrons. The maximum absolute atomic E-state index is 12.2. The summed E-state index contributed by atoms with van der Waals surface area (Å²) in [5.74, 6) is -1.68. The van der Waals surface area contributed by atoms with E-state index >= 15 is 0 Å². The molecule has 0 fully saturated rings. The number of fused-ring (bicyclic) bond motifs is 1. The lowest BCUT2D eigenvalue weighted by Gasteiger charge is -2.15. The minimum atomic E-state index is -1.01. The average molecular weight is 296 g/mol. The predicted molar refractivity (Wildman–Crippen MR) is 78.8 cm³/mol. The van der Waals surface area contributed by atoms with Gasteiger partial charge in [0.25, 0.3) is 11.8 Å². The van der Waals surface area contributed by atoms with Crippen LogP contribution in [0.3, 0.4) is 0 Å². The number of anilines is 1. The molecule has 0 aliphatic carbocycles. The van der Waals surface area contributed by atoms with Gasteiger partial charge >= 0.3 is 5.97 Å². The van der Waals surface area contributed by atoms with Crippen molar-refractivity contribution in [3.8, 4) is 0 Å². The fraction of sp³-hybridized carbons (Fsp3) is 0.0625. The Balaban J connectivity index is 1.71. The molecule has 2 aromatic rings. The number of carboxylic acid groups (broad SMARTS) is 1. The molecule has 3 rings (SSSR count). The molecule has 6 heteroatoms. The van der Waals surface area contributed by atoms with Crippen molar-refractivity contribution in [2.45, 2.75) is 0 Å². The van der Waals surface area contributed by atoms with Gasteiger partial charge in [0.2, 0.25) is 0 Å². The van der Waals surface area contributed by atoms with E-state index < -0.39 is 5.97 Å². The Hall–Kier alpha value is -3.15. The summed E-state index contributed by atoms with van der Waals surface area (Å²) in [6, 6.07) is 12.7. The van der Waals surface area contributed by atoms with Gasteiger partial charge in [0.1, 0.15) is 0 Å². The van der Waals surface area contributed by atoms with Gasteiger partial charge in [-0.25, -0.2) is 4.79 Å². The van der Waals surface area contributed by atoms with Gasteiger partial charge < -0.3 is 10.4 Å². The zero-order valence-electron chi connectivity index (χ0n) is 11.4. The number of hydrogen-bond acceptors (Lipinski definition) is 4. The molecule has 2 amide bonds.